The van der Waals surface area contributed by atoms with Gasteiger partial charge < -0.3 is 34.9 Å². The SMILES string of the molecule is COc1cc(OC)c2c(c1)[C@@H](CCCCCCCCCN1CCC(NC(=O)OC3CCC(N)CC3)CC1)OC2=O.Cl. The van der Waals surface area contributed by atoms with Crippen LogP contribution in [0.2, 0.25) is 0 Å². The number of benzene rings is 1. The van der Waals surface area contributed by atoms with Crippen molar-refractivity contribution in [3.8, 4) is 11.5 Å². The highest BCUT2D eigenvalue weighted by atomic mass is 35.5. The molecule has 2 fully saturated rings. The largest absolute Gasteiger partial charge is 0.497 e. The van der Waals surface area contributed by atoms with Gasteiger partial charge in [0.1, 0.15) is 29.3 Å². The van der Waals surface area contributed by atoms with Gasteiger partial charge in [-0.2, -0.15) is 0 Å². The normalized spacial score (nSPS) is 22.8. The molecular formula is C31H50ClN3O6. The maximum Gasteiger partial charge on any atom is 0.407 e. The summed E-state index contributed by atoms with van der Waals surface area (Å²) in [6, 6.07) is 4.12. The van der Waals surface area contributed by atoms with Crippen molar-refractivity contribution in [3.63, 3.8) is 0 Å². The minimum Gasteiger partial charge on any atom is -0.497 e. The van der Waals surface area contributed by atoms with Gasteiger partial charge in [0.15, 0.2) is 0 Å². The number of carbonyl (C=O) groups excluding carboxylic acids is 2. The fourth-order valence-corrected chi connectivity index (χ4v) is 6.24. The molecule has 232 valence electrons. The predicted molar refractivity (Wildman–Crippen MR) is 161 cm³/mol. The summed E-state index contributed by atoms with van der Waals surface area (Å²) in [5.41, 5.74) is 7.36. The highest BCUT2D eigenvalue weighted by Gasteiger charge is 2.34. The molecule has 1 atom stereocenters. The molecule has 1 aliphatic carbocycles. The van der Waals surface area contributed by atoms with Crippen LogP contribution >= 0.6 is 12.4 Å². The number of nitrogens with zero attached hydrogens (tertiary/aromatic N) is 1. The molecule has 2 aliphatic heterocycles. The first-order chi connectivity index (χ1) is 19.5. The Labute approximate surface area is 251 Å². The van der Waals surface area contributed by atoms with Crippen molar-refractivity contribution in [1.82, 2.24) is 10.2 Å². The molecule has 1 amide bonds. The first-order valence-electron chi connectivity index (χ1n) is 15.4. The zero-order valence-electron chi connectivity index (χ0n) is 24.9. The monoisotopic (exact) mass is 595 g/mol. The Bertz CT molecular complexity index is 963. The molecule has 1 saturated heterocycles. The van der Waals surface area contributed by atoms with Crippen LogP contribution in [-0.4, -0.2) is 69.0 Å². The first kappa shape index (κ1) is 33.3. The molecule has 0 aromatic heterocycles. The maximum absolute atomic E-state index is 12.4. The van der Waals surface area contributed by atoms with Crippen molar-refractivity contribution in [1.29, 1.82) is 0 Å². The molecule has 3 aliphatic rings. The third-order valence-corrected chi connectivity index (χ3v) is 8.70. The standard InChI is InChI=1S/C31H49N3O6.ClH/c1-37-25-20-26-27(40-30(35)29(26)28(21-25)38-2)10-8-6-4-3-5-7-9-17-34-18-15-23(16-19-34)33-31(36)39-24-13-11-22(32)12-14-24;/h20-24,27H,3-19,32H2,1-2H3,(H,33,36);1H/t22?,24?,27-;/m1./s1. The lowest BCUT2D eigenvalue weighted by Gasteiger charge is -2.33. The second-order valence-corrected chi connectivity index (χ2v) is 11.7. The molecule has 0 bridgehead atoms. The van der Waals surface area contributed by atoms with Crippen LogP contribution in [0.4, 0.5) is 4.79 Å². The molecule has 1 saturated carbocycles. The number of rotatable bonds is 14. The lowest BCUT2D eigenvalue weighted by molar-refractivity contribution is 0.0361. The smallest absolute Gasteiger partial charge is 0.407 e. The molecule has 1 aromatic rings. The van der Waals surface area contributed by atoms with E-state index in [0.29, 0.717) is 17.1 Å². The minimum absolute atomic E-state index is 0. The van der Waals surface area contributed by atoms with E-state index < -0.39 is 0 Å². The summed E-state index contributed by atoms with van der Waals surface area (Å²) in [5, 5.41) is 3.08. The number of ether oxygens (including phenoxy) is 4. The van der Waals surface area contributed by atoms with Crippen LogP contribution in [0, 0.1) is 0 Å². The molecule has 2 heterocycles. The third kappa shape index (κ3) is 9.93. The number of halogens is 1. The number of likely N-dealkylation sites (tertiary alicyclic amines) is 1. The minimum atomic E-state index is -0.303. The quantitative estimate of drug-likeness (QED) is 0.201. The van der Waals surface area contributed by atoms with E-state index in [-0.39, 0.29) is 48.8 Å². The highest BCUT2D eigenvalue weighted by molar-refractivity contribution is 5.97. The van der Waals surface area contributed by atoms with Crippen molar-refractivity contribution in [3.05, 3.63) is 23.3 Å². The Morgan fingerprint density at radius 1 is 0.951 bits per heavy atom. The number of esters is 1. The molecule has 0 radical (unpaired) electrons. The third-order valence-electron chi connectivity index (χ3n) is 8.70. The van der Waals surface area contributed by atoms with Gasteiger partial charge in [0.25, 0.3) is 0 Å². The maximum atomic E-state index is 12.4. The van der Waals surface area contributed by atoms with Crippen LogP contribution in [0.25, 0.3) is 0 Å². The Balaban J connectivity index is 0.00000462. The fraction of sp³-hybridized carbons (Fsp3) is 0.742. The van der Waals surface area contributed by atoms with E-state index in [4.69, 9.17) is 24.7 Å². The number of cyclic esters (lactones) is 1. The lowest BCUT2D eigenvalue weighted by Crippen LogP contribution is -2.46. The Hall–Kier alpha value is -2.23. The molecule has 41 heavy (non-hydrogen) atoms. The van der Waals surface area contributed by atoms with Gasteiger partial charge >= 0.3 is 12.1 Å². The average molecular weight is 596 g/mol. The van der Waals surface area contributed by atoms with Crippen LogP contribution in [-0.2, 0) is 9.47 Å². The van der Waals surface area contributed by atoms with Crippen LogP contribution in [0.15, 0.2) is 12.1 Å². The molecule has 0 unspecified atom stereocenters. The van der Waals surface area contributed by atoms with Crippen LogP contribution < -0.4 is 20.5 Å². The Kier molecular flexibility index (Phi) is 13.8. The van der Waals surface area contributed by atoms with Crippen molar-refractivity contribution in [2.24, 2.45) is 5.73 Å². The summed E-state index contributed by atoms with van der Waals surface area (Å²) in [5.74, 6) is 0.896. The van der Waals surface area contributed by atoms with Crippen LogP contribution in [0.3, 0.4) is 0 Å². The summed E-state index contributed by atoms with van der Waals surface area (Å²) in [7, 11) is 3.18. The number of alkyl carbamates (subject to hydrolysis) is 1. The topological polar surface area (TPSA) is 112 Å². The molecule has 1 aromatic carbocycles. The number of fused-ring (bicyclic) bond motifs is 1. The number of methoxy groups -OCH3 is 2. The van der Waals surface area contributed by atoms with E-state index in [1.165, 1.54) is 32.1 Å². The van der Waals surface area contributed by atoms with Crippen molar-refractivity contribution < 1.29 is 28.5 Å². The van der Waals surface area contributed by atoms with Crippen molar-refractivity contribution >= 4 is 24.5 Å². The molecule has 9 nitrogen and oxygen atoms in total. The number of carbonyl (C=O) groups is 2. The van der Waals surface area contributed by atoms with Crippen LogP contribution in [0.5, 0.6) is 11.5 Å². The predicted octanol–water partition coefficient (Wildman–Crippen LogP) is 5.92. The number of nitrogens with two attached hydrogens (primary N) is 1. The van der Waals surface area contributed by atoms with Gasteiger partial charge in [-0.1, -0.05) is 32.1 Å². The lowest BCUT2D eigenvalue weighted by atomic mass is 9.94. The second-order valence-electron chi connectivity index (χ2n) is 11.7. The number of hydrogen-bond acceptors (Lipinski definition) is 8. The summed E-state index contributed by atoms with van der Waals surface area (Å²) in [4.78, 5) is 27.1. The summed E-state index contributed by atoms with van der Waals surface area (Å²) in [6.07, 6.45) is 14.4. The number of piperidine rings is 1. The van der Waals surface area contributed by atoms with Gasteiger partial charge in [-0.15, -0.1) is 12.4 Å². The summed E-state index contributed by atoms with van der Waals surface area (Å²) >= 11 is 0. The van der Waals surface area contributed by atoms with E-state index in [9.17, 15) is 9.59 Å². The van der Waals surface area contributed by atoms with E-state index >= 15 is 0 Å². The molecule has 10 heteroatoms. The van der Waals surface area contributed by atoms with Crippen molar-refractivity contribution in [2.75, 3.05) is 33.9 Å². The van der Waals surface area contributed by atoms with Gasteiger partial charge in [0.05, 0.1) is 14.2 Å². The van der Waals surface area contributed by atoms with E-state index in [1.54, 1.807) is 20.3 Å². The second kappa shape index (κ2) is 17.0. The van der Waals surface area contributed by atoms with E-state index in [2.05, 4.69) is 10.2 Å². The van der Waals surface area contributed by atoms with Gasteiger partial charge in [0, 0.05) is 36.8 Å². The first-order valence-corrected chi connectivity index (χ1v) is 15.4. The van der Waals surface area contributed by atoms with Gasteiger partial charge in [0.2, 0.25) is 0 Å². The zero-order valence-corrected chi connectivity index (χ0v) is 25.7. The highest BCUT2D eigenvalue weighted by Crippen LogP contribution is 2.41. The number of nitrogens with one attached hydrogen (secondary N) is 1. The Morgan fingerprint density at radius 2 is 1.61 bits per heavy atom. The fourth-order valence-electron chi connectivity index (χ4n) is 6.24. The average Bonchev–Trinajstić information content (AvgIpc) is 3.28. The molecule has 4 rings (SSSR count). The van der Waals surface area contributed by atoms with E-state index in [1.807, 2.05) is 6.07 Å². The Morgan fingerprint density at radius 3 is 2.27 bits per heavy atom. The summed E-state index contributed by atoms with van der Waals surface area (Å²) in [6.45, 7) is 3.21. The van der Waals surface area contributed by atoms with E-state index in [0.717, 1.165) is 83.0 Å². The van der Waals surface area contributed by atoms with Crippen LogP contribution in [0.1, 0.15) is 112 Å². The summed E-state index contributed by atoms with van der Waals surface area (Å²) < 4.78 is 22.0. The molecular weight excluding hydrogens is 546 g/mol. The van der Waals surface area contributed by atoms with Gasteiger partial charge in [-0.05, 0) is 70.4 Å². The van der Waals surface area contributed by atoms with Crippen molar-refractivity contribution in [2.45, 2.75) is 114 Å². The number of hydrogen-bond donors (Lipinski definition) is 2. The number of amides is 1. The number of unbranched alkanes of at least 4 members (excludes halogenated alkanes) is 6. The molecule has 0 spiro atoms. The zero-order chi connectivity index (χ0) is 28.3. The van der Waals surface area contributed by atoms with Gasteiger partial charge in [-0.25, -0.2) is 9.59 Å². The van der Waals surface area contributed by atoms with Gasteiger partial charge in [-0.3, -0.25) is 0 Å². The molecule has 3 N–H and O–H groups in total.